The Bertz CT molecular complexity index is 433. The largest absolute Gasteiger partial charge is 0.0783 e. The Morgan fingerprint density at radius 1 is 0.789 bits per heavy atom. The van der Waals surface area contributed by atoms with Crippen LogP contribution in [0, 0.1) is 0 Å². The smallest absolute Gasteiger partial charge is 0.0656 e. The average molecular weight is 341 g/mol. The van der Waals surface area contributed by atoms with Crippen molar-refractivity contribution < 1.29 is 0 Å². The monoisotopic (exact) mass is 340 g/mol. The van der Waals surface area contributed by atoms with Gasteiger partial charge in [0, 0.05) is 4.47 Å². The highest BCUT2D eigenvalue weighted by molar-refractivity contribution is 9.10. The van der Waals surface area contributed by atoms with Crippen LogP contribution in [0.3, 0.4) is 0 Å². The fourth-order valence-corrected chi connectivity index (χ4v) is 5.57. The second-order valence-corrected chi connectivity index (χ2v) is 14.5. The molecule has 1 aromatic rings. The third-order valence-electron chi connectivity index (χ3n) is 3.47. The molecule has 0 radical (unpaired) electrons. The zero-order valence-corrected chi connectivity index (χ0v) is 16.6. The topological polar surface area (TPSA) is 0 Å². The zero-order valence-electron chi connectivity index (χ0n) is 14.0. The van der Waals surface area contributed by atoms with Crippen LogP contribution in [-0.2, 0) is 10.8 Å². The van der Waals surface area contributed by atoms with Gasteiger partial charge in [-0.25, -0.2) is 0 Å². The van der Waals surface area contributed by atoms with E-state index in [9.17, 15) is 0 Å². The molecule has 0 heterocycles. The second-order valence-electron chi connectivity index (χ2n) is 8.63. The first kappa shape index (κ1) is 17.0. The van der Waals surface area contributed by atoms with Crippen LogP contribution in [0.5, 0.6) is 0 Å². The average Bonchev–Trinajstić information content (AvgIpc) is 2.11. The number of rotatable bonds is 1. The van der Waals surface area contributed by atoms with E-state index in [0.717, 1.165) is 0 Å². The Morgan fingerprint density at radius 2 is 1.11 bits per heavy atom. The molecule has 0 bridgehead atoms. The van der Waals surface area contributed by atoms with E-state index in [1.807, 2.05) is 0 Å². The first-order valence-corrected chi connectivity index (χ1v) is 11.4. The molecule has 0 aromatic heterocycles. The zero-order chi connectivity index (χ0) is 15.2. The van der Waals surface area contributed by atoms with E-state index in [2.05, 4.69) is 89.2 Å². The van der Waals surface area contributed by atoms with E-state index >= 15 is 0 Å². The van der Waals surface area contributed by atoms with Crippen LogP contribution in [0.1, 0.15) is 52.7 Å². The summed E-state index contributed by atoms with van der Waals surface area (Å²) in [7, 11) is -1.39. The van der Waals surface area contributed by atoms with Crippen molar-refractivity contribution in [1.29, 1.82) is 0 Å². The number of hydrogen-bond donors (Lipinski definition) is 0. The lowest BCUT2D eigenvalue weighted by atomic mass is 9.80. The summed E-state index contributed by atoms with van der Waals surface area (Å²) in [5.74, 6) is 0. The Labute approximate surface area is 129 Å². The van der Waals surface area contributed by atoms with Gasteiger partial charge in [-0.2, -0.15) is 0 Å². The number of hydrogen-bond acceptors (Lipinski definition) is 0. The molecule has 1 aromatic carbocycles. The van der Waals surface area contributed by atoms with E-state index in [-0.39, 0.29) is 10.8 Å². The highest BCUT2D eigenvalue weighted by Gasteiger charge is 2.32. The molecule has 19 heavy (non-hydrogen) atoms. The van der Waals surface area contributed by atoms with E-state index in [4.69, 9.17) is 0 Å². The van der Waals surface area contributed by atoms with Gasteiger partial charge in [0.1, 0.15) is 0 Å². The molecule has 0 nitrogen and oxygen atoms in total. The highest BCUT2D eigenvalue weighted by Crippen LogP contribution is 2.32. The summed E-state index contributed by atoms with van der Waals surface area (Å²) < 4.78 is 1.21. The summed E-state index contributed by atoms with van der Waals surface area (Å²) in [5.41, 5.74) is 3.43. The fraction of sp³-hybridized carbons (Fsp3) is 0.647. The normalized spacial score (nSPS) is 13.8. The molecule has 0 unspecified atom stereocenters. The van der Waals surface area contributed by atoms with Crippen molar-refractivity contribution in [3.05, 3.63) is 27.7 Å². The molecule has 0 atom stereocenters. The summed E-state index contributed by atoms with van der Waals surface area (Å²) in [5, 5.41) is 1.65. The van der Waals surface area contributed by atoms with Gasteiger partial charge in [-0.15, -0.1) is 0 Å². The molecule has 108 valence electrons. The van der Waals surface area contributed by atoms with Crippen molar-refractivity contribution >= 4 is 29.2 Å². The number of halogens is 1. The fourth-order valence-electron chi connectivity index (χ4n) is 2.60. The van der Waals surface area contributed by atoms with Crippen LogP contribution in [0.25, 0.3) is 0 Å². The van der Waals surface area contributed by atoms with Crippen LogP contribution in [0.2, 0.25) is 19.6 Å². The summed E-state index contributed by atoms with van der Waals surface area (Å²) in [6.45, 7) is 21.3. The molecule has 0 spiro atoms. The van der Waals surface area contributed by atoms with E-state index in [1.54, 1.807) is 5.19 Å². The van der Waals surface area contributed by atoms with Crippen molar-refractivity contribution in [3.63, 3.8) is 0 Å². The van der Waals surface area contributed by atoms with Crippen LogP contribution in [0.4, 0.5) is 0 Å². The van der Waals surface area contributed by atoms with Crippen LogP contribution >= 0.6 is 15.9 Å². The van der Waals surface area contributed by atoms with Crippen LogP contribution in [0.15, 0.2) is 16.6 Å². The van der Waals surface area contributed by atoms with Gasteiger partial charge >= 0.3 is 0 Å². The van der Waals surface area contributed by atoms with Gasteiger partial charge in [-0.1, -0.05) is 82.3 Å². The lowest BCUT2D eigenvalue weighted by Crippen LogP contribution is -2.47. The predicted molar refractivity (Wildman–Crippen MR) is 94.5 cm³/mol. The molecule has 0 saturated heterocycles. The third-order valence-corrected chi connectivity index (χ3v) is 5.97. The van der Waals surface area contributed by atoms with Crippen molar-refractivity contribution in [1.82, 2.24) is 0 Å². The number of benzene rings is 1. The van der Waals surface area contributed by atoms with Crippen LogP contribution in [-0.4, -0.2) is 8.07 Å². The van der Waals surface area contributed by atoms with E-state index < -0.39 is 8.07 Å². The summed E-state index contributed by atoms with van der Waals surface area (Å²) in [6.07, 6.45) is 0. The van der Waals surface area contributed by atoms with Gasteiger partial charge in [-0.05, 0) is 34.1 Å². The molecule has 2 heteroatoms. The summed E-state index contributed by atoms with van der Waals surface area (Å²) >= 11 is 3.71. The minimum absolute atomic E-state index is 0.194. The van der Waals surface area contributed by atoms with Gasteiger partial charge in [0.15, 0.2) is 0 Å². The summed E-state index contributed by atoms with van der Waals surface area (Å²) in [6, 6.07) is 4.67. The Balaban J connectivity index is 3.80. The predicted octanol–water partition coefficient (Wildman–Crippen LogP) is 5.59. The first-order chi connectivity index (χ1) is 8.24. The molecule has 0 fully saturated rings. The van der Waals surface area contributed by atoms with Gasteiger partial charge in [0.25, 0.3) is 0 Å². The third kappa shape index (κ3) is 3.95. The van der Waals surface area contributed by atoms with Gasteiger partial charge < -0.3 is 0 Å². The molecule has 0 aliphatic heterocycles. The van der Waals surface area contributed by atoms with Crippen LogP contribution < -0.4 is 5.19 Å². The molecular weight excluding hydrogens is 312 g/mol. The molecule has 0 N–H and O–H groups in total. The lowest BCUT2D eigenvalue weighted by Gasteiger charge is -2.36. The maximum absolute atomic E-state index is 3.71. The molecule has 0 amide bonds. The van der Waals surface area contributed by atoms with Crippen molar-refractivity contribution in [2.24, 2.45) is 0 Å². The molecule has 1 rings (SSSR count). The minimum atomic E-state index is -1.39. The standard InChI is InChI=1S/C17H29BrSi/c1-16(2,3)13-10-12(18)11-14(17(4,5)6)15(13)19(7,8)9/h10-11H,1-9H3. The SMILES string of the molecule is CC(C)(C)c1cc(Br)cc(C(C)(C)C)c1[Si](C)(C)C. The molecule has 0 saturated carbocycles. The minimum Gasteiger partial charge on any atom is -0.0656 e. The maximum atomic E-state index is 3.71. The van der Waals surface area contributed by atoms with E-state index in [0.29, 0.717) is 0 Å². The molecule has 0 aliphatic rings. The van der Waals surface area contributed by atoms with E-state index in [1.165, 1.54) is 15.6 Å². The Morgan fingerprint density at radius 3 is 1.32 bits per heavy atom. The van der Waals surface area contributed by atoms with Gasteiger partial charge in [-0.3, -0.25) is 0 Å². The Kier molecular flexibility index (Phi) is 4.50. The Hall–Kier alpha value is -0.0831. The maximum Gasteiger partial charge on any atom is 0.0783 e. The van der Waals surface area contributed by atoms with Crippen molar-refractivity contribution in [2.45, 2.75) is 72.0 Å². The molecule has 0 aliphatic carbocycles. The first-order valence-electron chi connectivity index (χ1n) is 7.09. The van der Waals surface area contributed by atoms with Gasteiger partial charge in [0.2, 0.25) is 0 Å². The van der Waals surface area contributed by atoms with Crippen molar-refractivity contribution in [3.8, 4) is 0 Å². The van der Waals surface area contributed by atoms with Gasteiger partial charge in [0.05, 0.1) is 8.07 Å². The summed E-state index contributed by atoms with van der Waals surface area (Å²) in [4.78, 5) is 0. The lowest BCUT2D eigenvalue weighted by molar-refractivity contribution is 0.574. The quantitative estimate of drug-likeness (QED) is 0.584. The highest BCUT2D eigenvalue weighted by atomic mass is 79.9. The second kappa shape index (κ2) is 5.03. The molecular formula is C17H29BrSi. The van der Waals surface area contributed by atoms with Crippen molar-refractivity contribution in [2.75, 3.05) is 0 Å².